The first-order chi connectivity index (χ1) is 15.5. The van der Waals surface area contributed by atoms with Crippen LogP contribution in [0.3, 0.4) is 0 Å². The molecule has 0 aliphatic rings. The number of carbonyl (C=O) groups excluding carboxylic acids is 2. The van der Waals surface area contributed by atoms with Crippen LogP contribution in [0.5, 0.6) is 11.5 Å². The average molecular weight is 485 g/mol. The van der Waals surface area contributed by atoms with E-state index in [0.29, 0.717) is 21.5 Å². The number of hydrogen-bond donors (Lipinski definition) is 0. The van der Waals surface area contributed by atoms with Crippen molar-refractivity contribution in [2.45, 2.75) is 47.5 Å². The number of rotatable bonds is 5. The van der Waals surface area contributed by atoms with E-state index in [2.05, 4.69) is 0 Å². The van der Waals surface area contributed by atoms with Crippen molar-refractivity contribution in [3.8, 4) is 11.5 Å². The minimum absolute atomic E-state index is 0.220. The van der Waals surface area contributed by atoms with Gasteiger partial charge in [0.25, 0.3) is 0 Å². The lowest BCUT2D eigenvalue weighted by Crippen LogP contribution is -2.10. The van der Waals surface area contributed by atoms with Crippen molar-refractivity contribution in [2.24, 2.45) is 0 Å². The molecule has 172 valence electrons. The van der Waals surface area contributed by atoms with Gasteiger partial charge in [-0.3, -0.25) is 9.59 Å². The Morgan fingerprint density at radius 2 is 1.09 bits per heavy atom. The normalized spacial score (nSPS) is 10.9. The fraction of sp³-hybridized carbons (Fsp3) is 0.259. The molecule has 3 aromatic rings. The maximum Gasteiger partial charge on any atom is 0.308 e. The molecule has 0 radical (unpaired) electrons. The summed E-state index contributed by atoms with van der Waals surface area (Å²) in [5.41, 5.74) is 6.26. The lowest BCUT2D eigenvalue weighted by Gasteiger charge is -2.24. The summed E-state index contributed by atoms with van der Waals surface area (Å²) in [5.74, 6) is 0.175. The molecule has 4 nitrogen and oxygen atoms in total. The highest BCUT2D eigenvalue weighted by molar-refractivity contribution is 6.35. The van der Waals surface area contributed by atoms with Gasteiger partial charge in [0.05, 0.1) is 0 Å². The lowest BCUT2D eigenvalue weighted by molar-refractivity contribution is -0.132. The molecule has 0 amide bonds. The zero-order valence-electron chi connectivity index (χ0n) is 19.5. The van der Waals surface area contributed by atoms with Crippen LogP contribution in [0, 0.1) is 27.7 Å². The summed E-state index contributed by atoms with van der Waals surface area (Å²) in [6.45, 7) is 10.4. The van der Waals surface area contributed by atoms with Crippen LogP contribution in [0.25, 0.3) is 0 Å². The van der Waals surface area contributed by atoms with Crippen LogP contribution >= 0.6 is 23.2 Å². The fourth-order valence-corrected chi connectivity index (χ4v) is 4.72. The molecule has 0 saturated heterocycles. The first-order valence-electron chi connectivity index (χ1n) is 10.5. The molecular weight excluding hydrogens is 459 g/mol. The van der Waals surface area contributed by atoms with Crippen molar-refractivity contribution in [3.63, 3.8) is 0 Å². The molecule has 0 bridgehead atoms. The second-order valence-corrected chi connectivity index (χ2v) is 9.10. The maximum absolute atomic E-state index is 11.6. The van der Waals surface area contributed by atoms with Crippen LogP contribution < -0.4 is 9.47 Å². The van der Waals surface area contributed by atoms with Crippen molar-refractivity contribution in [1.82, 2.24) is 0 Å². The largest absolute Gasteiger partial charge is 0.426 e. The molecule has 0 aromatic heterocycles. The Morgan fingerprint density at radius 1 is 0.697 bits per heavy atom. The Labute approximate surface area is 204 Å². The van der Waals surface area contributed by atoms with Crippen LogP contribution in [0.4, 0.5) is 0 Å². The molecule has 0 aliphatic heterocycles. The van der Waals surface area contributed by atoms with E-state index in [0.717, 1.165) is 38.9 Å². The van der Waals surface area contributed by atoms with Crippen LogP contribution in [0.15, 0.2) is 42.5 Å². The van der Waals surface area contributed by atoms with Crippen molar-refractivity contribution in [3.05, 3.63) is 91.5 Å². The Hall–Kier alpha value is -2.82. The van der Waals surface area contributed by atoms with Gasteiger partial charge in [-0.05, 0) is 78.8 Å². The highest BCUT2D eigenvalue weighted by Crippen LogP contribution is 2.41. The topological polar surface area (TPSA) is 52.6 Å². The van der Waals surface area contributed by atoms with Crippen molar-refractivity contribution >= 4 is 35.1 Å². The molecule has 0 fully saturated rings. The molecule has 3 rings (SSSR count). The number of benzene rings is 3. The molecule has 3 aromatic carbocycles. The third-order valence-corrected chi connectivity index (χ3v) is 5.96. The molecule has 0 N–H and O–H groups in total. The second-order valence-electron chi connectivity index (χ2n) is 8.25. The summed E-state index contributed by atoms with van der Waals surface area (Å²) in [6.07, 6.45) is 0. The summed E-state index contributed by atoms with van der Waals surface area (Å²) in [4.78, 5) is 23.1. The molecule has 0 aliphatic carbocycles. The molecular formula is C27H26Cl2O4. The predicted molar refractivity (Wildman–Crippen MR) is 132 cm³/mol. The third kappa shape index (κ3) is 5.58. The van der Waals surface area contributed by atoms with Gasteiger partial charge in [0.2, 0.25) is 0 Å². The van der Waals surface area contributed by atoms with Crippen LogP contribution in [0.1, 0.15) is 58.7 Å². The van der Waals surface area contributed by atoms with E-state index in [1.165, 1.54) is 13.8 Å². The Kier molecular flexibility index (Phi) is 7.51. The number of aryl methyl sites for hydroxylation is 4. The van der Waals surface area contributed by atoms with E-state index < -0.39 is 0 Å². The Bertz CT molecular complexity index is 1130. The standard InChI is InChI=1S/C27H26Cl2O4/c1-14-9-20(10-15(2)26(14)32-18(5)30)25(23-8-7-22(28)13-24(23)29)21-11-16(3)27(17(4)12-21)33-19(6)31/h7-13,25H,1-6H3. The smallest absolute Gasteiger partial charge is 0.308 e. The van der Waals surface area contributed by atoms with Gasteiger partial charge in [-0.15, -0.1) is 0 Å². The summed E-state index contributed by atoms with van der Waals surface area (Å²) < 4.78 is 10.8. The van der Waals surface area contributed by atoms with E-state index >= 15 is 0 Å². The van der Waals surface area contributed by atoms with E-state index in [4.69, 9.17) is 32.7 Å². The summed E-state index contributed by atoms with van der Waals surface area (Å²) in [7, 11) is 0. The van der Waals surface area contributed by atoms with Gasteiger partial charge in [0, 0.05) is 29.8 Å². The quantitative estimate of drug-likeness (QED) is 0.217. The van der Waals surface area contributed by atoms with Gasteiger partial charge in [-0.2, -0.15) is 0 Å². The first kappa shape index (κ1) is 24.8. The number of ether oxygens (including phenoxy) is 2. The summed E-state index contributed by atoms with van der Waals surface area (Å²) in [5, 5.41) is 1.10. The van der Waals surface area contributed by atoms with Gasteiger partial charge in [0.15, 0.2) is 0 Å². The molecule has 0 heterocycles. The molecule has 0 atom stereocenters. The number of carbonyl (C=O) groups is 2. The van der Waals surface area contributed by atoms with Crippen molar-refractivity contribution in [1.29, 1.82) is 0 Å². The monoisotopic (exact) mass is 484 g/mol. The van der Waals surface area contributed by atoms with Gasteiger partial charge in [-0.25, -0.2) is 0 Å². The molecule has 0 saturated carbocycles. The van der Waals surface area contributed by atoms with Crippen molar-refractivity contribution in [2.75, 3.05) is 0 Å². The number of esters is 2. The third-order valence-electron chi connectivity index (χ3n) is 5.40. The van der Waals surface area contributed by atoms with E-state index in [1.807, 2.05) is 64.1 Å². The molecule has 33 heavy (non-hydrogen) atoms. The second kappa shape index (κ2) is 9.98. The summed E-state index contributed by atoms with van der Waals surface area (Å²) in [6, 6.07) is 13.5. The Morgan fingerprint density at radius 3 is 1.42 bits per heavy atom. The summed E-state index contributed by atoms with van der Waals surface area (Å²) >= 11 is 12.8. The van der Waals surface area contributed by atoms with E-state index in [-0.39, 0.29) is 17.9 Å². The molecule has 0 unspecified atom stereocenters. The minimum Gasteiger partial charge on any atom is -0.426 e. The maximum atomic E-state index is 11.6. The lowest BCUT2D eigenvalue weighted by atomic mass is 9.82. The van der Waals surface area contributed by atoms with Gasteiger partial charge < -0.3 is 9.47 Å². The molecule has 0 spiro atoms. The number of hydrogen-bond acceptors (Lipinski definition) is 4. The average Bonchev–Trinajstić information content (AvgIpc) is 2.69. The van der Waals surface area contributed by atoms with Gasteiger partial charge in [0.1, 0.15) is 11.5 Å². The van der Waals surface area contributed by atoms with E-state index in [1.54, 1.807) is 6.07 Å². The SMILES string of the molecule is CC(=O)Oc1c(C)cc(C(c2cc(C)c(OC(C)=O)c(C)c2)c2ccc(Cl)cc2Cl)cc1C. The first-order valence-corrected chi connectivity index (χ1v) is 11.3. The minimum atomic E-state index is -0.362. The van der Waals surface area contributed by atoms with E-state index in [9.17, 15) is 9.59 Å². The zero-order valence-corrected chi connectivity index (χ0v) is 21.0. The van der Waals surface area contributed by atoms with Crippen molar-refractivity contribution < 1.29 is 19.1 Å². The van der Waals surface area contributed by atoms with Gasteiger partial charge >= 0.3 is 11.9 Å². The fourth-order valence-electron chi connectivity index (χ4n) is 4.20. The Balaban J connectivity index is 2.25. The highest BCUT2D eigenvalue weighted by atomic mass is 35.5. The van der Waals surface area contributed by atoms with Gasteiger partial charge in [-0.1, -0.05) is 53.5 Å². The van der Waals surface area contributed by atoms with Crippen LogP contribution in [-0.2, 0) is 9.59 Å². The highest BCUT2D eigenvalue weighted by Gasteiger charge is 2.24. The molecule has 6 heteroatoms. The predicted octanol–water partition coefficient (Wildman–Crippen LogP) is 7.26. The zero-order chi connectivity index (χ0) is 24.4. The van der Waals surface area contributed by atoms with Crippen LogP contribution in [0.2, 0.25) is 10.0 Å². The number of halogens is 2. The van der Waals surface area contributed by atoms with Crippen LogP contribution in [-0.4, -0.2) is 11.9 Å².